The third-order valence-corrected chi connectivity index (χ3v) is 16.7. The number of aryl methyl sites for hydroxylation is 4. The van der Waals surface area contributed by atoms with Crippen LogP contribution in [0.4, 0.5) is 11.4 Å². The normalized spacial score (nSPS) is 11.5. The van der Waals surface area contributed by atoms with Crippen molar-refractivity contribution in [3.63, 3.8) is 0 Å². The van der Waals surface area contributed by atoms with Crippen molar-refractivity contribution in [2.45, 2.75) is 27.7 Å². The molecule has 16 aromatic rings. The van der Waals surface area contributed by atoms with Crippen LogP contribution in [0.3, 0.4) is 0 Å². The van der Waals surface area contributed by atoms with E-state index in [1.54, 1.807) is 0 Å². The van der Waals surface area contributed by atoms with Crippen molar-refractivity contribution in [3.8, 4) is 45.0 Å². The van der Waals surface area contributed by atoms with Gasteiger partial charge in [-0.3, -0.25) is 9.97 Å². The maximum absolute atomic E-state index is 7.87. The Balaban J connectivity index is 0.000000143. The molecule has 10 aromatic carbocycles. The van der Waals surface area contributed by atoms with E-state index in [0.717, 1.165) is 89.1 Å². The Morgan fingerprint density at radius 3 is 0.988 bits per heavy atom. The third-order valence-electron chi connectivity index (χ3n) is 16.7. The van der Waals surface area contributed by atoms with Crippen LogP contribution in [0.25, 0.3) is 142 Å². The molecule has 0 N–H and O–H groups in total. The van der Waals surface area contributed by atoms with E-state index in [-0.39, 0.29) is 0 Å². The lowest BCUT2D eigenvalue weighted by Crippen LogP contribution is -2.02. The number of nitrogens with zero attached hydrogens (tertiary/aromatic N) is 8. The zero-order valence-corrected chi connectivity index (χ0v) is 46.7. The summed E-state index contributed by atoms with van der Waals surface area (Å²) in [4.78, 5) is 16.9. The van der Waals surface area contributed by atoms with Crippen molar-refractivity contribution < 1.29 is 0 Å². The topological polar surface area (TPSA) is 54.2 Å². The molecule has 396 valence electrons. The van der Waals surface area contributed by atoms with Crippen molar-refractivity contribution in [1.29, 1.82) is 0 Å². The average molecular weight is 1080 g/mol. The van der Waals surface area contributed by atoms with Crippen LogP contribution in [0.2, 0.25) is 0 Å². The molecule has 0 aliphatic carbocycles. The van der Waals surface area contributed by atoms with Crippen molar-refractivity contribution in [1.82, 2.24) is 28.2 Å². The van der Waals surface area contributed by atoms with Crippen LogP contribution in [0.5, 0.6) is 0 Å². The van der Waals surface area contributed by atoms with Gasteiger partial charge in [0, 0.05) is 90.3 Å². The van der Waals surface area contributed by atoms with Crippen molar-refractivity contribution in [3.05, 3.63) is 288 Å². The van der Waals surface area contributed by atoms with Crippen LogP contribution in [0.15, 0.2) is 243 Å². The molecule has 0 bridgehead atoms. The second-order valence-corrected chi connectivity index (χ2v) is 21.9. The number of hydrogen-bond acceptors (Lipinski definition) is 2. The molecule has 6 heterocycles. The Morgan fingerprint density at radius 1 is 0.274 bits per heavy atom. The molecule has 0 unspecified atom stereocenters. The standard InChI is InChI=1S/2C38H26N4/c1-24-12-15-29-27-8-4-6-10-33(27)41(37(29)20-24)35-17-14-26(39-3)22-31(35)32-23-40-19-18-36(32)42-34-11-7-5-9-28(34)30-16-13-25(2)21-38(30)42;1-24-12-15-29-27-8-4-6-10-33(27)41(36(29)20-24)35-18-19-40-23-32(35)31-17-14-26(39-3)22-38(31)42-34-11-7-5-9-28(34)30-16-13-25(2)21-37(30)42/h2*4-23H,1-2H3. The Morgan fingerprint density at radius 2 is 0.595 bits per heavy atom. The summed E-state index contributed by atoms with van der Waals surface area (Å²) in [6.45, 7) is 24.3. The van der Waals surface area contributed by atoms with E-state index >= 15 is 0 Å². The predicted octanol–water partition coefficient (Wildman–Crippen LogP) is 20.2. The number of para-hydroxylation sites is 4. The minimum Gasteiger partial charge on any atom is -0.310 e. The molecular formula is C76H52N8. The zero-order chi connectivity index (χ0) is 56.7. The highest BCUT2D eigenvalue weighted by molar-refractivity contribution is 6.14. The molecule has 84 heavy (non-hydrogen) atoms. The summed E-state index contributed by atoms with van der Waals surface area (Å²) in [6.07, 6.45) is 7.63. The van der Waals surface area contributed by atoms with Crippen LogP contribution in [-0.2, 0) is 0 Å². The molecule has 0 aliphatic heterocycles. The van der Waals surface area contributed by atoms with E-state index in [0.29, 0.717) is 11.4 Å². The number of benzene rings is 10. The predicted molar refractivity (Wildman–Crippen MR) is 348 cm³/mol. The van der Waals surface area contributed by atoms with Crippen LogP contribution in [0.1, 0.15) is 22.3 Å². The molecule has 8 nitrogen and oxygen atoms in total. The Kier molecular flexibility index (Phi) is 11.7. The maximum atomic E-state index is 7.87. The molecule has 6 aromatic heterocycles. The van der Waals surface area contributed by atoms with Gasteiger partial charge in [-0.25, -0.2) is 9.69 Å². The Bertz CT molecular complexity index is 5480. The van der Waals surface area contributed by atoms with E-state index in [1.807, 2.05) is 49.1 Å². The molecule has 0 saturated heterocycles. The number of rotatable bonds is 6. The first-order valence-electron chi connectivity index (χ1n) is 28.2. The van der Waals surface area contributed by atoms with E-state index in [2.05, 4.69) is 260 Å². The molecule has 16 rings (SSSR count). The summed E-state index contributed by atoms with van der Waals surface area (Å²) in [5, 5.41) is 9.67. The van der Waals surface area contributed by atoms with Gasteiger partial charge in [-0.05, 0) is 134 Å². The fourth-order valence-electron chi connectivity index (χ4n) is 12.9. The van der Waals surface area contributed by atoms with Gasteiger partial charge >= 0.3 is 0 Å². The van der Waals surface area contributed by atoms with E-state index in [4.69, 9.17) is 13.1 Å². The van der Waals surface area contributed by atoms with Crippen LogP contribution in [0, 0.1) is 40.8 Å². The summed E-state index contributed by atoms with van der Waals surface area (Å²) >= 11 is 0. The van der Waals surface area contributed by atoms with Gasteiger partial charge in [0.05, 0.1) is 74.3 Å². The van der Waals surface area contributed by atoms with Crippen LogP contribution in [-0.4, -0.2) is 28.2 Å². The fourth-order valence-corrected chi connectivity index (χ4v) is 12.9. The van der Waals surface area contributed by atoms with Gasteiger partial charge in [0.25, 0.3) is 0 Å². The quantitative estimate of drug-likeness (QED) is 0.156. The molecule has 0 spiro atoms. The molecule has 0 amide bonds. The Labute approximate surface area is 485 Å². The summed E-state index contributed by atoms with van der Waals surface area (Å²) in [5.74, 6) is 0. The van der Waals surface area contributed by atoms with Gasteiger partial charge in [-0.1, -0.05) is 140 Å². The third kappa shape index (κ3) is 7.88. The lowest BCUT2D eigenvalue weighted by atomic mass is 10.0. The SMILES string of the molecule is [C-]#[N+]c1ccc(-c2cnccc2-n2c3ccccc3c3ccc(C)cc32)c(-n2c3ccccc3c3ccc(C)cc32)c1.[C-]#[N+]c1ccc(-n2c3ccccc3c3ccc(C)cc32)c(-c2cnccc2-n2c3ccccc3c3ccc(C)cc32)c1. The van der Waals surface area contributed by atoms with E-state index in [1.165, 1.54) is 65.3 Å². The monoisotopic (exact) mass is 1080 g/mol. The first-order valence-corrected chi connectivity index (χ1v) is 28.2. The van der Waals surface area contributed by atoms with Crippen molar-refractivity contribution >= 4 is 98.6 Å². The summed E-state index contributed by atoms with van der Waals surface area (Å²) in [5.41, 5.74) is 23.2. The number of hydrogen-bond donors (Lipinski definition) is 0. The minimum atomic E-state index is 0.596. The maximum Gasteiger partial charge on any atom is 0.189 e. The van der Waals surface area contributed by atoms with Gasteiger partial charge in [-0.15, -0.1) is 0 Å². The molecule has 0 aliphatic rings. The number of pyridine rings is 2. The van der Waals surface area contributed by atoms with E-state index < -0.39 is 0 Å². The highest BCUT2D eigenvalue weighted by Crippen LogP contribution is 2.45. The van der Waals surface area contributed by atoms with Crippen molar-refractivity contribution in [2.24, 2.45) is 0 Å². The summed E-state index contributed by atoms with van der Waals surface area (Å²) < 4.78 is 9.36. The summed E-state index contributed by atoms with van der Waals surface area (Å²) in [6, 6.07) is 77.0. The number of aromatic nitrogens is 6. The zero-order valence-electron chi connectivity index (χ0n) is 46.7. The van der Waals surface area contributed by atoms with Gasteiger partial charge in [0.2, 0.25) is 0 Å². The van der Waals surface area contributed by atoms with Gasteiger partial charge in [0.1, 0.15) is 0 Å². The second kappa shape index (κ2) is 19.7. The molecule has 0 saturated carbocycles. The van der Waals surface area contributed by atoms with Crippen molar-refractivity contribution in [2.75, 3.05) is 0 Å². The smallest absolute Gasteiger partial charge is 0.189 e. The second-order valence-electron chi connectivity index (χ2n) is 21.9. The van der Waals surface area contributed by atoms with Crippen LogP contribution < -0.4 is 0 Å². The van der Waals surface area contributed by atoms with Gasteiger partial charge < -0.3 is 18.3 Å². The van der Waals surface area contributed by atoms with Crippen LogP contribution >= 0.6 is 0 Å². The minimum absolute atomic E-state index is 0.596. The Hall–Kier alpha value is -11.3. The molecule has 0 radical (unpaired) electrons. The first-order chi connectivity index (χ1) is 41.2. The summed E-state index contributed by atoms with van der Waals surface area (Å²) in [7, 11) is 0. The van der Waals surface area contributed by atoms with Gasteiger partial charge in [-0.2, -0.15) is 0 Å². The molecular weight excluding hydrogens is 1020 g/mol. The molecule has 8 heteroatoms. The first kappa shape index (κ1) is 49.7. The molecule has 0 atom stereocenters. The highest BCUT2D eigenvalue weighted by Gasteiger charge is 2.24. The lowest BCUT2D eigenvalue weighted by molar-refractivity contribution is 1.14. The number of fused-ring (bicyclic) bond motifs is 12. The van der Waals surface area contributed by atoms with E-state index in [9.17, 15) is 0 Å². The fraction of sp³-hybridized carbons (Fsp3) is 0.0526. The van der Waals surface area contributed by atoms with Gasteiger partial charge in [0.15, 0.2) is 11.4 Å². The highest BCUT2D eigenvalue weighted by atomic mass is 15.0. The lowest BCUT2D eigenvalue weighted by Gasteiger charge is -2.18. The molecule has 0 fully saturated rings. The largest absolute Gasteiger partial charge is 0.310 e. The average Bonchev–Trinajstić information content (AvgIpc) is 2.46.